The minimum atomic E-state index is 0.358. The summed E-state index contributed by atoms with van der Waals surface area (Å²) < 4.78 is 0. The molecule has 1 aromatic rings. The van der Waals surface area contributed by atoms with Crippen LogP contribution in [0, 0.1) is 11.8 Å². The average molecular weight is 221 g/mol. The lowest BCUT2D eigenvalue weighted by Crippen LogP contribution is -2.35. The highest BCUT2D eigenvalue weighted by Gasteiger charge is 2.19. The molecule has 0 saturated carbocycles. The molecule has 2 nitrogen and oxygen atoms in total. The number of benzene rings is 1. The molecular formula is C14H23NO. The van der Waals surface area contributed by atoms with Gasteiger partial charge in [-0.2, -0.15) is 0 Å². The second kappa shape index (κ2) is 5.90. The van der Waals surface area contributed by atoms with Gasteiger partial charge in [-0.15, -0.1) is 0 Å². The topological polar surface area (TPSA) is 32.3 Å². The van der Waals surface area contributed by atoms with Gasteiger partial charge in [-0.1, -0.05) is 26.0 Å². The van der Waals surface area contributed by atoms with E-state index in [1.54, 1.807) is 6.07 Å². The molecule has 90 valence electrons. The lowest BCUT2D eigenvalue weighted by molar-refractivity contribution is 0.300. The molecule has 0 radical (unpaired) electrons. The summed E-state index contributed by atoms with van der Waals surface area (Å²) in [4.78, 5) is 0. The van der Waals surface area contributed by atoms with E-state index in [9.17, 15) is 5.11 Å². The quantitative estimate of drug-likeness (QED) is 0.801. The predicted molar refractivity (Wildman–Crippen MR) is 68.7 cm³/mol. The Labute approximate surface area is 98.7 Å². The van der Waals surface area contributed by atoms with E-state index in [1.165, 1.54) is 5.56 Å². The fraction of sp³-hybridized carbons (Fsp3) is 0.571. The number of aromatic hydroxyl groups is 1. The zero-order chi connectivity index (χ0) is 12.1. The number of hydrogen-bond acceptors (Lipinski definition) is 2. The molecule has 0 heterocycles. The van der Waals surface area contributed by atoms with Crippen molar-refractivity contribution in [3.8, 4) is 5.75 Å². The number of hydrogen-bond donors (Lipinski definition) is 2. The molecule has 1 aromatic carbocycles. The van der Waals surface area contributed by atoms with Crippen LogP contribution in [0.2, 0.25) is 0 Å². The van der Waals surface area contributed by atoms with Crippen LogP contribution >= 0.6 is 0 Å². The van der Waals surface area contributed by atoms with Crippen molar-refractivity contribution in [3.63, 3.8) is 0 Å². The maximum atomic E-state index is 9.44. The third-order valence-electron chi connectivity index (χ3n) is 3.34. The van der Waals surface area contributed by atoms with E-state index in [0.717, 1.165) is 6.42 Å². The van der Waals surface area contributed by atoms with Gasteiger partial charge >= 0.3 is 0 Å². The van der Waals surface area contributed by atoms with E-state index >= 15 is 0 Å². The molecule has 2 heteroatoms. The van der Waals surface area contributed by atoms with E-state index in [2.05, 4.69) is 32.2 Å². The molecule has 0 aliphatic rings. The molecule has 0 bridgehead atoms. The van der Waals surface area contributed by atoms with Crippen molar-refractivity contribution >= 4 is 0 Å². The van der Waals surface area contributed by atoms with Gasteiger partial charge in [0, 0.05) is 6.04 Å². The maximum absolute atomic E-state index is 9.44. The third-order valence-corrected chi connectivity index (χ3v) is 3.34. The van der Waals surface area contributed by atoms with E-state index < -0.39 is 0 Å². The van der Waals surface area contributed by atoms with E-state index in [0.29, 0.717) is 23.6 Å². The van der Waals surface area contributed by atoms with Crippen LogP contribution in [0.4, 0.5) is 0 Å². The van der Waals surface area contributed by atoms with Crippen molar-refractivity contribution in [2.45, 2.75) is 33.2 Å². The standard InChI is InChI=1S/C14H23NO/c1-10(2)14(11(3)15-4)9-12-6-5-7-13(16)8-12/h5-8,10-11,14-16H,9H2,1-4H3. The molecule has 0 fully saturated rings. The maximum Gasteiger partial charge on any atom is 0.115 e. The Kier molecular flexibility index (Phi) is 4.81. The molecule has 1 rings (SSSR count). The van der Waals surface area contributed by atoms with Gasteiger partial charge in [0.15, 0.2) is 0 Å². The summed E-state index contributed by atoms with van der Waals surface area (Å²) in [5.41, 5.74) is 1.21. The fourth-order valence-corrected chi connectivity index (χ4v) is 2.16. The average Bonchev–Trinajstić information content (AvgIpc) is 2.24. The third kappa shape index (κ3) is 3.53. The highest BCUT2D eigenvalue weighted by atomic mass is 16.3. The van der Waals surface area contributed by atoms with Crippen LogP contribution in [0.15, 0.2) is 24.3 Å². The number of phenols is 1. The van der Waals surface area contributed by atoms with E-state index in [4.69, 9.17) is 0 Å². The van der Waals surface area contributed by atoms with Gasteiger partial charge in [-0.25, -0.2) is 0 Å². The zero-order valence-corrected chi connectivity index (χ0v) is 10.7. The second-order valence-electron chi connectivity index (χ2n) is 4.86. The Morgan fingerprint density at radius 3 is 2.44 bits per heavy atom. The van der Waals surface area contributed by atoms with Crippen molar-refractivity contribution in [3.05, 3.63) is 29.8 Å². The van der Waals surface area contributed by atoms with E-state index in [1.807, 2.05) is 19.2 Å². The first kappa shape index (κ1) is 13.0. The molecule has 0 aliphatic heterocycles. The molecular weight excluding hydrogens is 198 g/mol. The Hall–Kier alpha value is -1.02. The Bertz CT molecular complexity index is 322. The Balaban J connectivity index is 2.75. The fourth-order valence-electron chi connectivity index (χ4n) is 2.16. The number of rotatable bonds is 5. The van der Waals surface area contributed by atoms with E-state index in [-0.39, 0.29) is 0 Å². The molecule has 2 atom stereocenters. The van der Waals surface area contributed by atoms with Crippen LogP contribution < -0.4 is 5.32 Å². The normalized spacial score (nSPS) is 15.1. The van der Waals surface area contributed by atoms with Crippen LogP contribution in [0.1, 0.15) is 26.3 Å². The molecule has 0 saturated heterocycles. The Morgan fingerprint density at radius 2 is 1.94 bits per heavy atom. The van der Waals surface area contributed by atoms with Gasteiger partial charge in [0.25, 0.3) is 0 Å². The van der Waals surface area contributed by atoms with Gasteiger partial charge < -0.3 is 10.4 Å². The van der Waals surface area contributed by atoms with Gasteiger partial charge in [-0.3, -0.25) is 0 Å². The SMILES string of the molecule is CNC(C)C(Cc1cccc(O)c1)C(C)C. The summed E-state index contributed by atoms with van der Waals surface area (Å²) in [6.07, 6.45) is 1.01. The lowest BCUT2D eigenvalue weighted by atomic mass is 9.84. The first-order chi connectivity index (χ1) is 7.54. The number of phenolic OH excluding ortho intramolecular Hbond substituents is 1. The van der Waals surface area contributed by atoms with Gasteiger partial charge in [0.05, 0.1) is 0 Å². The molecule has 0 spiro atoms. The monoisotopic (exact) mass is 221 g/mol. The van der Waals surface area contributed by atoms with Crippen LogP contribution in [-0.4, -0.2) is 18.2 Å². The molecule has 0 aliphatic carbocycles. The highest BCUT2D eigenvalue weighted by molar-refractivity contribution is 5.27. The summed E-state index contributed by atoms with van der Waals surface area (Å²) in [7, 11) is 2.00. The Morgan fingerprint density at radius 1 is 1.25 bits per heavy atom. The van der Waals surface area contributed by atoms with Crippen molar-refractivity contribution in [2.75, 3.05) is 7.05 Å². The summed E-state index contributed by atoms with van der Waals surface area (Å²) in [6.45, 7) is 6.72. The first-order valence-corrected chi connectivity index (χ1v) is 5.99. The second-order valence-corrected chi connectivity index (χ2v) is 4.86. The van der Waals surface area contributed by atoms with Crippen LogP contribution in [0.3, 0.4) is 0 Å². The smallest absolute Gasteiger partial charge is 0.115 e. The lowest BCUT2D eigenvalue weighted by Gasteiger charge is -2.27. The van der Waals surface area contributed by atoms with Crippen LogP contribution in [0.25, 0.3) is 0 Å². The molecule has 0 aromatic heterocycles. The molecule has 16 heavy (non-hydrogen) atoms. The van der Waals surface area contributed by atoms with Crippen LogP contribution in [-0.2, 0) is 6.42 Å². The summed E-state index contributed by atoms with van der Waals surface area (Å²) in [6, 6.07) is 8.05. The van der Waals surface area contributed by atoms with Crippen LogP contribution in [0.5, 0.6) is 5.75 Å². The van der Waals surface area contributed by atoms with Gasteiger partial charge in [0.1, 0.15) is 5.75 Å². The largest absolute Gasteiger partial charge is 0.508 e. The minimum absolute atomic E-state index is 0.358. The van der Waals surface area contributed by atoms with Crippen molar-refractivity contribution in [2.24, 2.45) is 11.8 Å². The summed E-state index contributed by atoms with van der Waals surface area (Å²) >= 11 is 0. The van der Waals surface area contributed by atoms with Crippen molar-refractivity contribution in [1.82, 2.24) is 5.32 Å². The minimum Gasteiger partial charge on any atom is -0.508 e. The van der Waals surface area contributed by atoms with Gasteiger partial charge in [0.2, 0.25) is 0 Å². The van der Waals surface area contributed by atoms with Crippen molar-refractivity contribution in [1.29, 1.82) is 0 Å². The summed E-state index contributed by atoms with van der Waals surface area (Å²) in [5, 5.41) is 12.8. The first-order valence-electron chi connectivity index (χ1n) is 5.99. The van der Waals surface area contributed by atoms with Gasteiger partial charge in [-0.05, 0) is 49.9 Å². The molecule has 2 unspecified atom stereocenters. The van der Waals surface area contributed by atoms with Crippen molar-refractivity contribution < 1.29 is 5.11 Å². The number of nitrogens with one attached hydrogen (secondary N) is 1. The predicted octanol–water partition coefficient (Wildman–Crippen LogP) is 2.81. The zero-order valence-electron chi connectivity index (χ0n) is 10.7. The highest BCUT2D eigenvalue weighted by Crippen LogP contribution is 2.22. The molecule has 2 N–H and O–H groups in total. The molecule has 0 amide bonds. The summed E-state index contributed by atoms with van der Waals surface area (Å²) in [5.74, 6) is 1.58.